The van der Waals surface area contributed by atoms with Crippen molar-refractivity contribution in [2.45, 2.75) is 13.8 Å². The zero-order chi connectivity index (χ0) is 15.9. The fourth-order valence-corrected chi connectivity index (χ4v) is 2.66. The van der Waals surface area contributed by atoms with Gasteiger partial charge in [0.25, 0.3) is 0 Å². The van der Waals surface area contributed by atoms with Crippen LogP contribution in [-0.2, 0) is 19.1 Å². The molecular weight excluding hydrogens is 304 g/mol. The van der Waals surface area contributed by atoms with Gasteiger partial charge in [-0.15, -0.1) is 11.3 Å². The van der Waals surface area contributed by atoms with Crippen molar-refractivity contribution in [1.82, 2.24) is 0 Å². The molecule has 0 saturated heterocycles. The van der Waals surface area contributed by atoms with E-state index in [9.17, 15) is 9.59 Å². The van der Waals surface area contributed by atoms with Gasteiger partial charge < -0.3 is 13.9 Å². The summed E-state index contributed by atoms with van der Waals surface area (Å²) in [4.78, 5) is 25.3. The molecule has 5 nitrogen and oxygen atoms in total. The van der Waals surface area contributed by atoms with Crippen LogP contribution in [0.3, 0.4) is 0 Å². The number of ether oxygens (including phenoxy) is 2. The Morgan fingerprint density at radius 3 is 2.23 bits per heavy atom. The monoisotopic (exact) mass is 320 g/mol. The molecule has 0 aliphatic heterocycles. The summed E-state index contributed by atoms with van der Waals surface area (Å²) in [5.41, 5.74) is 0.234. The Bertz CT molecular complexity index is 595. The number of thiophene rings is 1. The zero-order valence-corrected chi connectivity index (χ0v) is 13.1. The highest BCUT2D eigenvalue weighted by Gasteiger charge is 2.28. The molecule has 2 aromatic heterocycles. The lowest BCUT2D eigenvalue weighted by atomic mass is 10.0. The molecule has 0 aliphatic rings. The second kappa shape index (κ2) is 7.61. The third kappa shape index (κ3) is 3.46. The number of hydrogen-bond donors (Lipinski definition) is 0. The van der Waals surface area contributed by atoms with E-state index < -0.39 is 11.9 Å². The van der Waals surface area contributed by atoms with Crippen molar-refractivity contribution >= 4 is 34.4 Å². The van der Waals surface area contributed by atoms with Gasteiger partial charge >= 0.3 is 11.9 Å². The Hall–Kier alpha value is -2.34. The molecule has 116 valence electrons. The lowest BCUT2D eigenvalue weighted by Crippen LogP contribution is -2.14. The van der Waals surface area contributed by atoms with E-state index in [0.717, 1.165) is 0 Å². The molecule has 0 bridgehead atoms. The minimum atomic E-state index is -0.617. The van der Waals surface area contributed by atoms with Crippen molar-refractivity contribution < 1.29 is 23.5 Å². The summed E-state index contributed by atoms with van der Waals surface area (Å²) in [5, 5.41) is 1.82. The molecule has 0 aromatic carbocycles. The molecule has 22 heavy (non-hydrogen) atoms. The minimum absolute atomic E-state index is 0.0766. The SMILES string of the molecule is CCOC(=O)/C(=C(\C(=O)OCC)c1cccs1)c1ccco1. The predicted molar refractivity (Wildman–Crippen MR) is 83.1 cm³/mol. The Morgan fingerprint density at radius 2 is 1.73 bits per heavy atom. The maximum atomic E-state index is 12.4. The lowest BCUT2D eigenvalue weighted by molar-refractivity contribution is -0.138. The number of hydrogen-bond acceptors (Lipinski definition) is 6. The fraction of sp³-hybridized carbons (Fsp3) is 0.250. The molecule has 2 heterocycles. The summed E-state index contributed by atoms with van der Waals surface area (Å²) in [6.45, 7) is 3.82. The first-order valence-corrected chi connectivity index (χ1v) is 7.73. The lowest BCUT2D eigenvalue weighted by Gasteiger charge is -2.11. The highest BCUT2D eigenvalue weighted by Crippen LogP contribution is 2.31. The fourth-order valence-electron chi connectivity index (χ4n) is 1.90. The number of rotatable bonds is 6. The van der Waals surface area contributed by atoms with Crippen LogP contribution in [0.1, 0.15) is 24.5 Å². The maximum Gasteiger partial charge on any atom is 0.342 e. The molecule has 0 atom stereocenters. The Morgan fingerprint density at radius 1 is 1.05 bits per heavy atom. The summed E-state index contributed by atoms with van der Waals surface area (Å²) in [6.07, 6.45) is 1.44. The van der Waals surface area contributed by atoms with Crippen LogP contribution in [-0.4, -0.2) is 25.2 Å². The summed E-state index contributed by atoms with van der Waals surface area (Å²) in [6, 6.07) is 6.80. The van der Waals surface area contributed by atoms with E-state index in [4.69, 9.17) is 13.9 Å². The van der Waals surface area contributed by atoms with Crippen molar-refractivity contribution in [1.29, 1.82) is 0 Å². The van der Waals surface area contributed by atoms with Gasteiger partial charge in [-0.25, -0.2) is 9.59 Å². The highest BCUT2D eigenvalue weighted by atomic mass is 32.1. The second-order valence-electron chi connectivity index (χ2n) is 4.15. The quantitative estimate of drug-likeness (QED) is 0.603. The predicted octanol–water partition coefficient (Wildman–Crippen LogP) is 3.38. The standard InChI is InChI=1S/C16H16O5S/c1-3-19-15(17)13(11-7-5-9-21-11)14(16(18)20-4-2)12-8-6-10-22-12/h5-10H,3-4H2,1-2H3/b14-13-. The van der Waals surface area contributed by atoms with Crippen LogP contribution in [0.5, 0.6) is 0 Å². The van der Waals surface area contributed by atoms with E-state index in [2.05, 4.69) is 0 Å². The second-order valence-corrected chi connectivity index (χ2v) is 5.09. The third-order valence-electron chi connectivity index (χ3n) is 2.74. The Balaban J connectivity index is 2.64. The van der Waals surface area contributed by atoms with E-state index in [0.29, 0.717) is 4.88 Å². The van der Waals surface area contributed by atoms with Gasteiger partial charge in [-0.3, -0.25) is 0 Å². The van der Waals surface area contributed by atoms with E-state index >= 15 is 0 Å². The van der Waals surface area contributed by atoms with Gasteiger partial charge in [0.05, 0.1) is 25.1 Å². The number of carbonyl (C=O) groups is 2. The molecule has 0 fully saturated rings. The van der Waals surface area contributed by atoms with Crippen LogP contribution < -0.4 is 0 Å². The molecule has 0 amide bonds. The van der Waals surface area contributed by atoms with Crippen LogP contribution >= 0.6 is 11.3 Å². The van der Waals surface area contributed by atoms with Gasteiger partial charge in [0.15, 0.2) is 0 Å². The van der Waals surface area contributed by atoms with Crippen molar-refractivity contribution in [2.24, 2.45) is 0 Å². The summed E-state index contributed by atoms with van der Waals surface area (Å²) in [7, 11) is 0. The van der Waals surface area contributed by atoms with Crippen LogP contribution in [0.2, 0.25) is 0 Å². The molecule has 2 rings (SSSR count). The summed E-state index contributed by atoms with van der Waals surface area (Å²) < 4.78 is 15.5. The molecule has 0 saturated carbocycles. The van der Waals surface area contributed by atoms with Gasteiger partial charge in [-0.2, -0.15) is 0 Å². The average Bonchev–Trinajstić information content (AvgIpc) is 3.18. The number of esters is 2. The molecule has 0 spiro atoms. The molecule has 2 aromatic rings. The minimum Gasteiger partial charge on any atom is -0.464 e. The number of furan rings is 1. The van der Waals surface area contributed by atoms with Gasteiger partial charge in [-0.1, -0.05) is 6.07 Å². The molecule has 0 N–H and O–H groups in total. The van der Waals surface area contributed by atoms with Gasteiger partial charge in [0, 0.05) is 4.88 Å². The normalized spacial score (nSPS) is 11.7. The molecule has 0 unspecified atom stereocenters. The Labute approximate surface area is 132 Å². The molecular formula is C16H16O5S. The molecule has 6 heteroatoms. The smallest absolute Gasteiger partial charge is 0.342 e. The zero-order valence-electron chi connectivity index (χ0n) is 12.3. The van der Waals surface area contributed by atoms with Crippen molar-refractivity contribution in [3.63, 3.8) is 0 Å². The van der Waals surface area contributed by atoms with Crippen molar-refractivity contribution in [2.75, 3.05) is 13.2 Å². The first kappa shape index (κ1) is 16.0. The maximum absolute atomic E-state index is 12.4. The van der Waals surface area contributed by atoms with E-state index in [-0.39, 0.29) is 30.1 Å². The first-order valence-electron chi connectivity index (χ1n) is 6.85. The number of carbonyl (C=O) groups excluding carboxylic acids is 2. The molecule has 0 aliphatic carbocycles. The van der Waals surface area contributed by atoms with Gasteiger partial charge in [-0.05, 0) is 37.4 Å². The van der Waals surface area contributed by atoms with Crippen molar-refractivity contribution in [3.05, 3.63) is 46.5 Å². The van der Waals surface area contributed by atoms with E-state index in [1.165, 1.54) is 17.6 Å². The summed E-state index contributed by atoms with van der Waals surface area (Å²) in [5.74, 6) is -0.923. The van der Waals surface area contributed by atoms with Crippen LogP contribution in [0.15, 0.2) is 40.3 Å². The topological polar surface area (TPSA) is 65.7 Å². The Kier molecular flexibility index (Phi) is 5.55. The van der Waals surface area contributed by atoms with Gasteiger partial charge in [0.2, 0.25) is 0 Å². The van der Waals surface area contributed by atoms with E-state index in [1.54, 1.807) is 38.1 Å². The van der Waals surface area contributed by atoms with E-state index in [1.807, 2.05) is 5.38 Å². The first-order chi connectivity index (χ1) is 10.7. The third-order valence-corrected chi connectivity index (χ3v) is 3.63. The molecule has 0 radical (unpaired) electrons. The van der Waals surface area contributed by atoms with Crippen molar-refractivity contribution in [3.8, 4) is 0 Å². The van der Waals surface area contributed by atoms with Gasteiger partial charge in [0.1, 0.15) is 11.3 Å². The van der Waals surface area contributed by atoms with Crippen LogP contribution in [0, 0.1) is 0 Å². The largest absolute Gasteiger partial charge is 0.464 e. The van der Waals surface area contributed by atoms with Crippen LogP contribution in [0.25, 0.3) is 11.1 Å². The average molecular weight is 320 g/mol. The van der Waals surface area contributed by atoms with Crippen LogP contribution in [0.4, 0.5) is 0 Å². The highest BCUT2D eigenvalue weighted by molar-refractivity contribution is 7.11. The summed E-state index contributed by atoms with van der Waals surface area (Å²) >= 11 is 1.34.